The number of aryl methyl sites for hydroxylation is 2. The van der Waals surface area contributed by atoms with Crippen LogP contribution < -0.4 is 14.2 Å². The zero-order chi connectivity index (χ0) is 25.1. The largest absolute Gasteiger partial charge is 0.481 e. The van der Waals surface area contributed by atoms with Crippen LogP contribution in [0, 0.1) is 19.7 Å². The molecule has 0 amide bonds. The van der Waals surface area contributed by atoms with Crippen LogP contribution >= 0.6 is 11.6 Å². The van der Waals surface area contributed by atoms with Gasteiger partial charge in [-0.2, -0.15) is 9.97 Å². The Kier molecular flexibility index (Phi) is 7.02. The molecule has 2 heterocycles. The minimum atomic E-state index is -1.06. The number of oxazole rings is 1. The van der Waals surface area contributed by atoms with Gasteiger partial charge < -0.3 is 23.7 Å². The molecule has 9 nitrogen and oxygen atoms in total. The number of hydrogen-bond donors (Lipinski definition) is 1. The van der Waals surface area contributed by atoms with E-state index in [4.69, 9.17) is 35.3 Å². The van der Waals surface area contributed by atoms with Crippen molar-refractivity contribution >= 4 is 28.8 Å². The molecule has 0 radical (unpaired) electrons. The van der Waals surface area contributed by atoms with Crippen LogP contribution in [0.5, 0.6) is 23.4 Å². The lowest BCUT2D eigenvalue weighted by atomic mass is 10.1. The van der Waals surface area contributed by atoms with Gasteiger partial charge in [0.2, 0.25) is 5.89 Å². The first-order valence-electron chi connectivity index (χ1n) is 10.7. The van der Waals surface area contributed by atoms with Crippen molar-refractivity contribution in [2.45, 2.75) is 27.2 Å². The Morgan fingerprint density at radius 2 is 1.86 bits per heavy atom. The van der Waals surface area contributed by atoms with E-state index in [9.17, 15) is 9.18 Å². The van der Waals surface area contributed by atoms with Crippen molar-refractivity contribution in [3.8, 4) is 34.8 Å². The summed E-state index contributed by atoms with van der Waals surface area (Å²) in [6.45, 7) is 5.48. The SMILES string of the molecule is CCCOc1nc(Oc2ccc(F)c(Cl)c2)nc2oc(-c3cc(C)c(OCC(=O)O)c(C)c3)nc12. The highest BCUT2D eigenvalue weighted by Crippen LogP contribution is 2.34. The summed E-state index contributed by atoms with van der Waals surface area (Å²) in [5.41, 5.74) is 2.50. The number of aliphatic carboxylic acids is 1. The van der Waals surface area contributed by atoms with E-state index in [1.807, 2.05) is 6.92 Å². The molecule has 2 aromatic carbocycles. The van der Waals surface area contributed by atoms with E-state index in [-0.39, 0.29) is 34.3 Å². The van der Waals surface area contributed by atoms with E-state index >= 15 is 0 Å². The summed E-state index contributed by atoms with van der Waals surface area (Å²) in [4.78, 5) is 23.9. The number of carboxylic acid groups (broad SMARTS) is 1. The van der Waals surface area contributed by atoms with Gasteiger partial charge in [0.15, 0.2) is 12.1 Å². The molecule has 11 heteroatoms. The molecule has 2 aromatic heterocycles. The number of carboxylic acids is 1. The molecule has 0 aliphatic carbocycles. The maximum Gasteiger partial charge on any atom is 0.341 e. The molecule has 1 N–H and O–H groups in total. The van der Waals surface area contributed by atoms with Crippen molar-refractivity contribution in [2.24, 2.45) is 0 Å². The summed E-state index contributed by atoms with van der Waals surface area (Å²) in [6, 6.07) is 7.33. The highest BCUT2D eigenvalue weighted by molar-refractivity contribution is 6.30. The fourth-order valence-corrected chi connectivity index (χ4v) is 3.50. The predicted octanol–water partition coefficient (Wildman–Crippen LogP) is 5.74. The smallest absolute Gasteiger partial charge is 0.341 e. The lowest BCUT2D eigenvalue weighted by molar-refractivity contribution is -0.139. The zero-order valence-corrected chi connectivity index (χ0v) is 19.9. The van der Waals surface area contributed by atoms with Crippen molar-refractivity contribution in [3.63, 3.8) is 0 Å². The minimum absolute atomic E-state index is 0.0845. The van der Waals surface area contributed by atoms with Gasteiger partial charge in [0.1, 0.15) is 17.3 Å². The Morgan fingerprint density at radius 3 is 2.51 bits per heavy atom. The highest BCUT2D eigenvalue weighted by Gasteiger charge is 2.20. The van der Waals surface area contributed by atoms with Crippen LogP contribution in [0.4, 0.5) is 4.39 Å². The maximum atomic E-state index is 13.5. The molecule has 0 aliphatic rings. The summed E-state index contributed by atoms with van der Waals surface area (Å²) < 4.78 is 36.2. The van der Waals surface area contributed by atoms with Gasteiger partial charge in [-0.3, -0.25) is 0 Å². The third-order valence-electron chi connectivity index (χ3n) is 4.80. The van der Waals surface area contributed by atoms with E-state index in [1.54, 1.807) is 26.0 Å². The van der Waals surface area contributed by atoms with Crippen LogP contribution in [-0.4, -0.2) is 39.2 Å². The number of rotatable bonds is 9. The van der Waals surface area contributed by atoms with Gasteiger partial charge in [0.05, 0.1) is 11.6 Å². The lowest BCUT2D eigenvalue weighted by Gasteiger charge is -2.11. The third kappa shape index (κ3) is 5.43. The number of hydrogen-bond acceptors (Lipinski definition) is 8. The van der Waals surface area contributed by atoms with E-state index in [0.29, 0.717) is 34.6 Å². The molecule has 35 heavy (non-hydrogen) atoms. The van der Waals surface area contributed by atoms with Crippen LogP contribution in [0.15, 0.2) is 34.7 Å². The van der Waals surface area contributed by atoms with Crippen LogP contribution in [0.2, 0.25) is 5.02 Å². The number of fused-ring (bicyclic) bond motifs is 1. The van der Waals surface area contributed by atoms with Gasteiger partial charge in [-0.1, -0.05) is 18.5 Å². The zero-order valence-electron chi connectivity index (χ0n) is 19.1. The Labute approximate surface area is 204 Å². The average Bonchev–Trinajstić information content (AvgIpc) is 3.23. The summed E-state index contributed by atoms with van der Waals surface area (Å²) in [6.07, 6.45) is 0.732. The molecule has 0 fully saturated rings. The summed E-state index contributed by atoms with van der Waals surface area (Å²) in [7, 11) is 0. The molecular formula is C24H21ClFN3O6. The first-order valence-corrected chi connectivity index (χ1v) is 11.0. The maximum absolute atomic E-state index is 13.5. The fraction of sp³-hybridized carbons (Fsp3) is 0.250. The molecule has 0 spiro atoms. The van der Waals surface area contributed by atoms with Crippen molar-refractivity contribution in [2.75, 3.05) is 13.2 Å². The Morgan fingerprint density at radius 1 is 1.11 bits per heavy atom. The number of benzene rings is 2. The van der Waals surface area contributed by atoms with Crippen molar-refractivity contribution in [1.82, 2.24) is 15.0 Å². The molecule has 0 bridgehead atoms. The number of halogens is 2. The van der Waals surface area contributed by atoms with Crippen molar-refractivity contribution in [1.29, 1.82) is 0 Å². The van der Waals surface area contributed by atoms with Gasteiger partial charge in [-0.15, -0.1) is 0 Å². The summed E-state index contributed by atoms with van der Waals surface area (Å²) in [5, 5.41) is 8.79. The molecule has 0 saturated heterocycles. The van der Waals surface area contributed by atoms with E-state index in [2.05, 4.69) is 15.0 Å². The normalized spacial score (nSPS) is 11.0. The standard InChI is InChI=1S/C24H21ClFN3O6/c1-4-7-32-22-19-23(29-24(28-22)34-15-5-6-17(26)16(25)10-15)35-21(27-19)14-8-12(2)20(13(3)9-14)33-11-18(30)31/h5-6,8-10H,4,7,11H2,1-3H3,(H,30,31). The third-order valence-corrected chi connectivity index (χ3v) is 5.09. The molecule has 0 atom stereocenters. The van der Waals surface area contributed by atoms with E-state index in [1.165, 1.54) is 18.2 Å². The first kappa shape index (κ1) is 24.2. The van der Waals surface area contributed by atoms with Crippen molar-refractivity contribution in [3.05, 3.63) is 52.3 Å². The first-order chi connectivity index (χ1) is 16.7. The van der Waals surface area contributed by atoms with E-state index < -0.39 is 18.4 Å². The molecular weight excluding hydrogens is 481 g/mol. The fourth-order valence-electron chi connectivity index (χ4n) is 3.33. The quantitative estimate of drug-likeness (QED) is 0.306. The summed E-state index contributed by atoms with van der Waals surface area (Å²) in [5.74, 6) is -0.496. The Hall–Kier alpha value is -3.92. The molecule has 4 rings (SSSR count). The second-order valence-corrected chi connectivity index (χ2v) is 8.04. The molecule has 182 valence electrons. The van der Waals surface area contributed by atoms with E-state index in [0.717, 1.165) is 6.42 Å². The minimum Gasteiger partial charge on any atom is -0.481 e. The highest BCUT2D eigenvalue weighted by atomic mass is 35.5. The Balaban J connectivity index is 1.72. The predicted molar refractivity (Wildman–Crippen MR) is 125 cm³/mol. The van der Waals surface area contributed by atoms with Gasteiger partial charge in [-0.25, -0.2) is 14.2 Å². The van der Waals surface area contributed by atoms with Crippen LogP contribution in [-0.2, 0) is 4.79 Å². The summed E-state index contributed by atoms with van der Waals surface area (Å²) >= 11 is 5.83. The molecule has 0 unspecified atom stereocenters. The number of carbonyl (C=O) groups is 1. The van der Waals surface area contributed by atoms with Gasteiger partial charge >= 0.3 is 12.0 Å². The monoisotopic (exact) mass is 501 g/mol. The van der Waals surface area contributed by atoms with Crippen molar-refractivity contribution < 1.29 is 32.9 Å². The molecule has 4 aromatic rings. The second kappa shape index (κ2) is 10.1. The van der Waals surface area contributed by atoms with Crippen LogP contribution in [0.1, 0.15) is 24.5 Å². The van der Waals surface area contributed by atoms with Gasteiger partial charge in [0.25, 0.3) is 11.6 Å². The van der Waals surface area contributed by atoms with Crippen LogP contribution in [0.25, 0.3) is 22.7 Å². The number of nitrogens with zero attached hydrogens (tertiary/aromatic N) is 3. The molecule has 0 saturated carbocycles. The lowest BCUT2D eigenvalue weighted by Crippen LogP contribution is -2.10. The second-order valence-electron chi connectivity index (χ2n) is 7.63. The number of aromatic nitrogens is 3. The van der Waals surface area contributed by atoms with Crippen LogP contribution in [0.3, 0.4) is 0 Å². The topological polar surface area (TPSA) is 117 Å². The van der Waals surface area contributed by atoms with Gasteiger partial charge in [0, 0.05) is 11.6 Å². The molecule has 0 aliphatic heterocycles. The van der Waals surface area contributed by atoms with Gasteiger partial charge in [-0.05, 0) is 55.7 Å². The average molecular weight is 502 g/mol. The Bertz CT molecular complexity index is 1380. The number of ether oxygens (including phenoxy) is 3.